The molecule has 0 radical (unpaired) electrons. The number of furan rings is 1. The third-order valence-electron chi connectivity index (χ3n) is 3.69. The zero-order valence-corrected chi connectivity index (χ0v) is 17.9. The fourth-order valence-electron chi connectivity index (χ4n) is 2.55. The monoisotopic (exact) mass is 452 g/mol. The molecule has 24 heavy (non-hydrogen) atoms. The van der Waals surface area contributed by atoms with Crippen molar-refractivity contribution in [3.05, 3.63) is 24.2 Å². The highest BCUT2D eigenvalue weighted by Gasteiger charge is 2.20. The lowest BCUT2D eigenvalue weighted by molar-refractivity contribution is 0.178. The van der Waals surface area contributed by atoms with Crippen LogP contribution in [0.2, 0.25) is 0 Å². The van der Waals surface area contributed by atoms with Crippen molar-refractivity contribution in [3.8, 4) is 0 Å². The van der Waals surface area contributed by atoms with Crippen LogP contribution < -0.4 is 10.6 Å². The molecule has 0 aliphatic heterocycles. The van der Waals surface area contributed by atoms with Crippen molar-refractivity contribution in [2.45, 2.75) is 39.8 Å². The van der Waals surface area contributed by atoms with E-state index < -0.39 is 0 Å². The zero-order chi connectivity index (χ0) is 17.1. The number of methoxy groups -OCH3 is 1. The van der Waals surface area contributed by atoms with Gasteiger partial charge in [-0.1, -0.05) is 13.8 Å². The second-order valence-electron chi connectivity index (χ2n) is 5.47. The van der Waals surface area contributed by atoms with Gasteiger partial charge in [0, 0.05) is 19.7 Å². The average molecular weight is 452 g/mol. The largest absolute Gasteiger partial charge is 0.468 e. The highest BCUT2D eigenvalue weighted by molar-refractivity contribution is 14.0. The van der Waals surface area contributed by atoms with Crippen molar-refractivity contribution in [1.82, 2.24) is 15.5 Å². The second-order valence-corrected chi connectivity index (χ2v) is 5.47. The molecule has 1 heterocycles. The van der Waals surface area contributed by atoms with Crippen LogP contribution in [0.5, 0.6) is 0 Å². The molecule has 0 aliphatic rings. The lowest BCUT2D eigenvalue weighted by Crippen LogP contribution is -2.44. The minimum Gasteiger partial charge on any atom is -0.468 e. The standard InChI is InChI=1S/C17H32N4O2.HI/c1-6-18-17(20-14(4)13-22-5)19-12-15(21(7-2)8-3)16-10-9-11-23-16;/h9-11,14-15H,6-8,12-13H2,1-5H3,(H2,18,19,20);1H. The summed E-state index contributed by atoms with van der Waals surface area (Å²) in [5, 5.41) is 6.64. The van der Waals surface area contributed by atoms with Gasteiger partial charge >= 0.3 is 0 Å². The molecule has 0 fully saturated rings. The maximum absolute atomic E-state index is 5.62. The van der Waals surface area contributed by atoms with Crippen LogP contribution in [0.4, 0.5) is 0 Å². The lowest BCUT2D eigenvalue weighted by Gasteiger charge is -2.27. The van der Waals surface area contributed by atoms with Gasteiger partial charge in [0.1, 0.15) is 5.76 Å². The Bertz CT molecular complexity index is 436. The van der Waals surface area contributed by atoms with Crippen LogP contribution in [0, 0.1) is 0 Å². The van der Waals surface area contributed by atoms with Gasteiger partial charge in [-0.15, -0.1) is 24.0 Å². The van der Waals surface area contributed by atoms with Crippen LogP contribution >= 0.6 is 24.0 Å². The molecule has 1 aromatic rings. The average Bonchev–Trinajstić information content (AvgIpc) is 3.05. The minimum absolute atomic E-state index is 0. The molecular weight excluding hydrogens is 419 g/mol. The van der Waals surface area contributed by atoms with Crippen LogP contribution in [0.3, 0.4) is 0 Å². The number of nitrogens with one attached hydrogen (secondary N) is 2. The van der Waals surface area contributed by atoms with E-state index in [9.17, 15) is 0 Å². The van der Waals surface area contributed by atoms with E-state index in [0.717, 1.165) is 31.4 Å². The van der Waals surface area contributed by atoms with Crippen LogP contribution in [0.15, 0.2) is 27.8 Å². The molecule has 1 aromatic heterocycles. The number of ether oxygens (including phenoxy) is 1. The van der Waals surface area contributed by atoms with E-state index in [4.69, 9.17) is 14.1 Å². The van der Waals surface area contributed by atoms with E-state index in [1.807, 2.05) is 12.1 Å². The Morgan fingerprint density at radius 3 is 2.54 bits per heavy atom. The summed E-state index contributed by atoms with van der Waals surface area (Å²) in [5.41, 5.74) is 0. The number of nitrogens with zero attached hydrogens (tertiary/aromatic N) is 2. The Morgan fingerprint density at radius 1 is 1.33 bits per heavy atom. The highest BCUT2D eigenvalue weighted by atomic mass is 127. The number of likely N-dealkylation sites (N-methyl/N-ethyl adjacent to an activating group) is 1. The molecule has 6 nitrogen and oxygen atoms in total. The molecule has 1 rings (SSSR count). The first kappa shape index (κ1) is 23.2. The van der Waals surface area contributed by atoms with Gasteiger partial charge in [-0.25, -0.2) is 0 Å². The molecule has 2 atom stereocenters. The van der Waals surface area contributed by atoms with Crippen LogP contribution in [-0.4, -0.2) is 56.8 Å². The van der Waals surface area contributed by atoms with Crippen molar-refractivity contribution in [1.29, 1.82) is 0 Å². The third kappa shape index (κ3) is 7.85. The molecular formula is C17H33IN4O2. The van der Waals surface area contributed by atoms with Crippen LogP contribution in [-0.2, 0) is 4.74 Å². The number of halogens is 1. The zero-order valence-electron chi connectivity index (χ0n) is 15.5. The van der Waals surface area contributed by atoms with Crippen LogP contribution in [0.25, 0.3) is 0 Å². The van der Waals surface area contributed by atoms with E-state index in [0.29, 0.717) is 13.2 Å². The van der Waals surface area contributed by atoms with Gasteiger partial charge < -0.3 is 19.8 Å². The SMILES string of the molecule is CCNC(=NCC(c1ccco1)N(CC)CC)NC(C)COC.I. The number of hydrogen-bond donors (Lipinski definition) is 2. The first-order valence-electron chi connectivity index (χ1n) is 8.47. The van der Waals surface area contributed by atoms with Crippen molar-refractivity contribution >= 4 is 29.9 Å². The predicted molar refractivity (Wildman–Crippen MR) is 110 cm³/mol. The number of guanidine groups is 1. The second kappa shape index (κ2) is 13.5. The third-order valence-corrected chi connectivity index (χ3v) is 3.69. The number of hydrogen-bond acceptors (Lipinski definition) is 4. The van der Waals surface area contributed by atoms with Gasteiger partial charge in [-0.05, 0) is 39.1 Å². The van der Waals surface area contributed by atoms with Gasteiger partial charge in [0.05, 0.1) is 25.5 Å². The van der Waals surface area contributed by atoms with Gasteiger partial charge in [0.15, 0.2) is 5.96 Å². The normalized spacial score (nSPS) is 14.2. The fraction of sp³-hybridized carbons (Fsp3) is 0.706. The molecule has 0 bridgehead atoms. The molecule has 0 saturated heterocycles. The predicted octanol–water partition coefficient (Wildman–Crippen LogP) is 2.87. The molecule has 0 aliphatic carbocycles. The highest BCUT2D eigenvalue weighted by Crippen LogP contribution is 2.21. The first-order valence-corrected chi connectivity index (χ1v) is 8.47. The van der Waals surface area contributed by atoms with E-state index in [-0.39, 0.29) is 36.1 Å². The van der Waals surface area contributed by atoms with E-state index in [1.54, 1.807) is 13.4 Å². The first-order chi connectivity index (χ1) is 11.2. The molecule has 0 amide bonds. The van der Waals surface area contributed by atoms with E-state index in [1.165, 1.54) is 0 Å². The molecule has 0 spiro atoms. The Balaban J connectivity index is 0.00000529. The maximum Gasteiger partial charge on any atom is 0.191 e. The Morgan fingerprint density at radius 2 is 2.04 bits per heavy atom. The van der Waals surface area contributed by atoms with E-state index in [2.05, 4.69) is 43.2 Å². The molecule has 0 saturated carbocycles. The summed E-state index contributed by atoms with van der Waals surface area (Å²) in [4.78, 5) is 7.10. The van der Waals surface area contributed by atoms with Crippen molar-refractivity contribution < 1.29 is 9.15 Å². The van der Waals surface area contributed by atoms with Gasteiger partial charge in [-0.2, -0.15) is 0 Å². The summed E-state index contributed by atoms with van der Waals surface area (Å²) < 4.78 is 10.8. The summed E-state index contributed by atoms with van der Waals surface area (Å²) in [6.45, 7) is 12.5. The molecule has 2 unspecified atom stereocenters. The Kier molecular flexibility index (Phi) is 13.0. The number of rotatable bonds is 10. The van der Waals surface area contributed by atoms with Crippen molar-refractivity contribution in [2.24, 2.45) is 4.99 Å². The molecule has 0 aromatic carbocycles. The smallest absolute Gasteiger partial charge is 0.191 e. The summed E-state index contributed by atoms with van der Waals surface area (Å²) in [5.74, 6) is 1.76. The summed E-state index contributed by atoms with van der Waals surface area (Å²) in [6.07, 6.45) is 1.72. The maximum atomic E-state index is 5.62. The summed E-state index contributed by atoms with van der Waals surface area (Å²) in [6, 6.07) is 4.30. The van der Waals surface area contributed by atoms with Crippen LogP contribution in [0.1, 0.15) is 39.5 Å². The van der Waals surface area contributed by atoms with Crippen molar-refractivity contribution in [3.63, 3.8) is 0 Å². The molecule has 140 valence electrons. The van der Waals surface area contributed by atoms with E-state index >= 15 is 0 Å². The van der Waals surface area contributed by atoms with Gasteiger partial charge in [-0.3, -0.25) is 9.89 Å². The van der Waals surface area contributed by atoms with Crippen molar-refractivity contribution in [2.75, 3.05) is 39.9 Å². The quantitative estimate of drug-likeness (QED) is 0.325. The van der Waals surface area contributed by atoms with Gasteiger partial charge in [0.2, 0.25) is 0 Å². The summed E-state index contributed by atoms with van der Waals surface area (Å²) >= 11 is 0. The number of aliphatic imine (C=N–C) groups is 1. The summed E-state index contributed by atoms with van der Waals surface area (Å²) in [7, 11) is 1.70. The lowest BCUT2D eigenvalue weighted by atomic mass is 10.2. The molecule has 2 N–H and O–H groups in total. The van der Waals surface area contributed by atoms with Gasteiger partial charge in [0.25, 0.3) is 0 Å². The Labute approximate surface area is 163 Å². The fourth-order valence-corrected chi connectivity index (χ4v) is 2.55. The topological polar surface area (TPSA) is 62.0 Å². The minimum atomic E-state index is 0. The molecule has 7 heteroatoms. The Hall–Kier alpha value is -0.800.